The first-order valence-corrected chi connectivity index (χ1v) is 3.96. The molecule has 1 fully saturated rings. The van der Waals surface area contributed by atoms with E-state index < -0.39 is 0 Å². The molecule has 30 valence electrons. The van der Waals surface area contributed by atoms with E-state index in [1.54, 1.807) is 0 Å². The van der Waals surface area contributed by atoms with Gasteiger partial charge in [-0.1, -0.05) is 15.7 Å². The molecule has 0 aromatic carbocycles. The van der Waals surface area contributed by atoms with Crippen LogP contribution in [-0.2, 0) is 0 Å². The van der Waals surface area contributed by atoms with Crippen LogP contribution in [0.2, 0.25) is 9.32 Å². The molecule has 4 heteroatoms. The third kappa shape index (κ3) is 0.846. The fraction of sp³-hybridized carbons (Fsp3) is 1.00. The van der Waals surface area contributed by atoms with Crippen LogP contribution >= 0.6 is 0 Å². The molecule has 1 aliphatic carbocycles. The van der Waals surface area contributed by atoms with Gasteiger partial charge in [-0.2, -0.15) is 0 Å². The van der Waals surface area contributed by atoms with Gasteiger partial charge in [-0.15, -0.1) is 0 Å². The Balaban J connectivity index is 2.59. The first-order valence-electron chi connectivity index (χ1n) is 1.96. The van der Waals surface area contributed by atoms with Crippen LogP contribution in [0.4, 0.5) is 0 Å². The summed E-state index contributed by atoms with van der Waals surface area (Å²) in [5, 5.41) is 0. The smallest absolute Gasteiger partial charge is 0.0261 e. The molecule has 0 amide bonds. The van der Waals surface area contributed by atoms with Gasteiger partial charge in [0, 0.05) is 41.0 Å². The molecule has 0 aliphatic heterocycles. The highest BCUT2D eigenvalue weighted by atomic mass is 28.2. The predicted molar refractivity (Wildman–Crippen MR) is 33.0 cm³/mol. The summed E-state index contributed by atoms with van der Waals surface area (Å²) in [7, 11) is 13.9. The molecule has 0 N–H and O–H groups in total. The molecule has 0 heterocycles. The Morgan fingerprint density at radius 2 is 1.00 bits per heavy atom. The van der Waals surface area contributed by atoms with Crippen molar-refractivity contribution in [2.45, 2.75) is 15.7 Å². The zero-order chi connectivity index (χ0) is 5.71. The van der Waals surface area contributed by atoms with Crippen LogP contribution in [0.3, 0.4) is 0 Å². The summed E-state index contributed by atoms with van der Waals surface area (Å²) in [6, 6.07) is 0. The topological polar surface area (TPSA) is 0 Å². The van der Waals surface area contributed by atoms with Crippen molar-refractivity contribution in [3.63, 3.8) is 0 Å². The lowest BCUT2D eigenvalue weighted by Gasteiger charge is -2.03. The lowest BCUT2D eigenvalue weighted by atomic mass is 10.9. The number of hydrogen-bond donors (Lipinski definition) is 0. The molecular weight excluding hydrogens is 148 g/mol. The maximum Gasteiger partial charge on any atom is 0.0261 e. The fourth-order valence-corrected chi connectivity index (χ4v) is 2.12. The van der Waals surface area contributed by atoms with Gasteiger partial charge in [0.15, 0.2) is 0 Å². The standard InChI is InChI=1S/C3H2Si4/c4-2(5)1-3(2,6)7/h1H2. The molecule has 12 radical (unpaired) electrons. The average Bonchev–Trinajstić information content (AvgIpc) is 1.63. The van der Waals surface area contributed by atoms with Crippen LogP contribution in [0.25, 0.3) is 0 Å². The molecule has 0 spiro atoms. The van der Waals surface area contributed by atoms with Crippen LogP contribution in [0.15, 0.2) is 0 Å². The van der Waals surface area contributed by atoms with E-state index in [4.69, 9.17) is 0 Å². The van der Waals surface area contributed by atoms with Gasteiger partial charge >= 0.3 is 0 Å². The van der Waals surface area contributed by atoms with E-state index in [0.717, 1.165) is 6.42 Å². The van der Waals surface area contributed by atoms with E-state index in [9.17, 15) is 0 Å². The Morgan fingerprint density at radius 3 is 1.00 bits per heavy atom. The maximum atomic E-state index is 3.47. The second-order valence-corrected chi connectivity index (χ2v) is 6.40. The lowest BCUT2D eigenvalue weighted by molar-refractivity contribution is 1.25. The second kappa shape index (κ2) is 1.23. The van der Waals surface area contributed by atoms with E-state index in [1.807, 2.05) is 0 Å². The zero-order valence-electron chi connectivity index (χ0n) is 3.71. The van der Waals surface area contributed by atoms with Gasteiger partial charge in [-0.3, -0.25) is 0 Å². The van der Waals surface area contributed by atoms with Gasteiger partial charge in [-0.25, -0.2) is 0 Å². The van der Waals surface area contributed by atoms with Gasteiger partial charge < -0.3 is 0 Å². The molecule has 0 saturated heterocycles. The Kier molecular flexibility index (Phi) is 1.05. The first-order chi connectivity index (χ1) is 2.96. The van der Waals surface area contributed by atoms with E-state index in [-0.39, 0.29) is 9.32 Å². The van der Waals surface area contributed by atoms with Crippen molar-refractivity contribution in [3.05, 3.63) is 0 Å². The summed E-state index contributed by atoms with van der Waals surface area (Å²) in [6.07, 6.45) is 1.06. The van der Waals surface area contributed by atoms with Crippen LogP contribution in [0.5, 0.6) is 0 Å². The van der Waals surface area contributed by atoms with Gasteiger partial charge in [0.2, 0.25) is 0 Å². The third-order valence-electron chi connectivity index (χ3n) is 1.13. The lowest BCUT2D eigenvalue weighted by Crippen LogP contribution is -2.01. The van der Waals surface area contributed by atoms with Crippen molar-refractivity contribution in [1.82, 2.24) is 0 Å². The minimum Gasteiger partial charge on any atom is -0.0542 e. The van der Waals surface area contributed by atoms with Gasteiger partial charge in [0.25, 0.3) is 0 Å². The van der Waals surface area contributed by atoms with Crippen LogP contribution in [-0.4, -0.2) is 41.0 Å². The van der Waals surface area contributed by atoms with Crippen LogP contribution in [0, 0.1) is 0 Å². The van der Waals surface area contributed by atoms with E-state index in [0.29, 0.717) is 0 Å². The molecule has 0 aromatic rings. The van der Waals surface area contributed by atoms with E-state index in [1.165, 1.54) is 0 Å². The molecule has 0 unspecified atom stereocenters. The maximum absolute atomic E-state index is 3.47. The average molecular weight is 150 g/mol. The highest BCUT2D eigenvalue weighted by molar-refractivity contribution is 6.59. The highest BCUT2D eigenvalue weighted by Crippen LogP contribution is 2.67. The summed E-state index contributed by atoms with van der Waals surface area (Å²) in [6.45, 7) is 0. The quantitative estimate of drug-likeness (QED) is 0.401. The molecule has 0 aromatic heterocycles. The van der Waals surface area contributed by atoms with E-state index >= 15 is 0 Å². The number of hydrogen-bond acceptors (Lipinski definition) is 0. The molecule has 0 atom stereocenters. The molecule has 0 bridgehead atoms. The summed E-state index contributed by atoms with van der Waals surface area (Å²) in [5.41, 5.74) is 0. The minimum atomic E-state index is 0.0841. The van der Waals surface area contributed by atoms with Gasteiger partial charge in [0.1, 0.15) is 0 Å². The Morgan fingerprint density at radius 1 is 0.857 bits per heavy atom. The predicted octanol–water partition coefficient (Wildman–Crippen LogP) is -0.704. The Hall–Kier alpha value is 0.868. The normalized spacial score (nSPS) is 32.6. The summed E-state index contributed by atoms with van der Waals surface area (Å²) in [4.78, 5) is 0. The zero-order valence-corrected chi connectivity index (χ0v) is 7.71. The molecule has 1 saturated carbocycles. The minimum absolute atomic E-state index is 0.0841. The monoisotopic (exact) mass is 150 g/mol. The van der Waals surface area contributed by atoms with Crippen LogP contribution in [0.1, 0.15) is 6.42 Å². The second-order valence-electron chi connectivity index (χ2n) is 1.99. The molecule has 0 nitrogen and oxygen atoms in total. The molecular formula is C3H2Si4. The summed E-state index contributed by atoms with van der Waals surface area (Å²) < 4.78 is 0.168. The Bertz CT molecular complexity index is 83.1. The van der Waals surface area contributed by atoms with Crippen molar-refractivity contribution in [2.75, 3.05) is 0 Å². The summed E-state index contributed by atoms with van der Waals surface area (Å²) in [5.74, 6) is 0. The van der Waals surface area contributed by atoms with Crippen molar-refractivity contribution < 1.29 is 0 Å². The van der Waals surface area contributed by atoms with Crippen molar-refractivity contribution in [2.24, 2.45) is 0 Å². The van der Waals surface area contributed by atoms with Crippen molar-refractivity contribution >= 4 is 41.0 Å². The fourth-order valence-electron chi connectivity index (χ4n) is 0.354. The largest absolute Gasteiger partial charge is 0.0542 e. The molecule has 7 heavy (non-hydrogen) atoms. The van der Waals surface area contributed by atoms with E-state index in [2.05, 4.69) is 41.0 Å². The third-order valence-corrected chi connectivity index (χ3v) is 4.55. The summed E-state index contributed by atoms with van der Waals surface area (Å²) >= 11 is 0. The molecule has 1 aliphatic rings. The first kappa shape index (κ1) is 5.99. The van der Waals surface area contributed by atoms with Gasteiger partial charge in [0.05, 0.1) is 0 Å². The van der Waals surface area contributed by atoms with Gasteiger partial charge in [-0.05, 0) is 0 Å². The highest BCUT2D eigenvalue weighted by Gasteiger charge is 2.53. The van der Waals surface area contributed by atoms with Crippen molar-refractivity contribution in [1.29, 1.82) is 0 Å². The number of rotatable bonds is 0. The van der Waals surface area contributed by atoms with Crippen LogP contribution < -0.4 is 0 Å². The Labute approximate surface area is 57.1 Å². The molecule has 1 rings (SSSR count). The SMILES string of the molecule is [Si]C1([Si])CC1([Si])[Si]. The van der Waals surface area contributed by atoms with Crippen molar-refractivity contribution in [3.8, 4) is 0 Å².